The van der Waals surface area contributed by atoms with Crippen LogP contribution in [0.15, 0.2) is 15.7 Å². The molecule has 1 fully saturated rings. The van der Waals surface area contributed by atoms with E-state index in [0.717, 1.165) is 18.9 Å². The number of hydrogen-bond acceptors (Lipinski definition) is 4. The highest BCUT2D eigenvalue weighted by molar-refractivity contribution is 5.92. The number of carbonyl (C=O) groups is 1. The first kappa shape index (κ1) is 11.6. The van der Waals surface area contributed by atoms with Crippen molar-refractivity contribution in [3.8, 4) is 0 Å². The van der Waals surface area contributed by atoms with Gasteiger partial charge in [0.25, 0.3) is 11.5 Å². The topological polar surface area (TPSA) is 112 Å². The number of carbonyl (C=O) groups excluding carboxylic acids is 1. The van der Waals surface area contributed by atoms with Crippen LogP contribution in [0.1, 0.15) is 23.3 Å². The third kappa shape index (κ3) is 2.62. The van der Waals surface area contributed by atoms with E-state index >= 15 is 0 Å². The maximum absolute atomic E-state index is 12.0. The number of amides is 1. The van der Waals surface area contributed by atoms with E-state index in [4.69, 9.17) is 5.73 Å². The fourth-order valence-electron chi connectivity index (χ4n) is 1.86. The Hall–Kier alpha value is -1.89. The summed E-state index contributed by atoms with van der Waals surface area (Å²) >= 11 is 0. The average molecular weight is 238 g/mol. The van der Waals surface area contributed by atoms with Gasteiger partial charge in [0.05, 0.1) is 0 Å². The number of piperidine rings is 1. The monoisotopic (exact) mass is 238 g/mol. The number of aromatic nitrogens is 2. The lowest BCUT2D eigenvalue weighted by molar-refractivity contribution is 0.0708. The molecule has 0 saturated carbocycles. The molecule has 92 valence electrons. The molecule has 2 heterocycles. The minimum atomic E-state index is -0.672. The second-order valence-electron chi connectivity index (χ2n) is 4.13. The highest BCUT2D eigenvalue weighted by Gasteiger charge is 2.22. The van der Waals surface area contributed by atoms with E-state index in [0.29, 0.717) is 13.1 Å². The Balaban J connectivity index is 2.19. The lowest BCUT2D eigenvalue weighted by atomic mass is 10.1. The lowest BCUT2D eigenvalue weighted by Gasteiger charge is -2.29. The Morgan fingerprint density at radius 3 is 2.53 bits per heavy atom. The molecule has 0 bridgehead atoms. The molecule has 4 N–H and O–H groups in total. The smallest absolute Gasteiger partial charge is 0.326 e. The molecule has 17 heavy (non-hydrogen) atoms. The van der Waals surface area contributed by atoms with Gasteiger partial charge in [0, 0.05) is 25.2 Å². The van der Waals surface area contributed by atoms with Gasteiger partial charge in [0.2, 0.25) is 0 Å². The van der Waals surface area contributed by atoms with E-state index in [9.17, 15) is 14.4 Å². The summed E-state index contributed by atoms with van der Waals surface area (Å²) in [5, 5.41) is 0. The van der Waals surface area contributed by atoms with Crippen LogP contribution in [-0.4, -0.2) is 39.9 Å². The minimum absolute atomic E-state index is 0.0224. The minimum Gasteiger partial charge on any atom is -0.337 e. The highest BCUT2D eigenvalue weighted by Crippen LogP contribution is 2.10. The van der Waals surface area contributed by atoms with Crippen molar-refractivity contribution in [3.63, 3.8) is 0 Å². The predicted octanol–water partition coefficient (Wildman–Crippen LogP) is -1.37. The zero-order valence-corrected chi connectivity index (χ0v) is 9.23. The first-order chi connectivity index (χ1) is 8.06. The normalized spacial score (nSPS) is 17.1. The molecular weight excluding hydrogens is 224 g/mol. The third-order valence-corrected chi connectivity index (χ3v) is 2.82. The van der Waals surface area contributed by atoms with Gasteiger partial charge in [-0.15, -0.1) is 0 Å². The summed E-state index contributed by atoms with van der Waals surface area (Å²) in [6, 6.07) is 1.22. The molecule has 7 heteroatoms. The van der Waals surface area contributed by atoms with Crippen molar-refractivity contribution < 1.29 is 4.79 Å². The molecule has 1 aromatic heterocycles. The van der Waals surface area contributed by atoms with Crippen LogP contribution in [0.5, 0.6) is 0 Å². The largest absolute Gasteiger partial charge is 0.337 e. The van der Waals surface area contributed by atoms with E-state index < -0.39 is 11.2 Å². The molecule has 0 spiro atoms. The summed E-state index contributed by atoms with van der Waals surface area (Å²) in [4.78, 5) is 40.0. The summed E-state index contributed by atoms with van der Waals surface area (Å²) in [7, 11) is 0. The molecule has 1 amide bonds. The first-order valence-electron chi connectivity index (χ1n) is 5.45. The zero-order chi connectivity index (χ0) is 12.4. The van der Waals surface area contributed by atoms with Gasteiger partial charge < -0.3 is 15.6 Å². The fraction of sp³-hybridized carbons (Fsp3) is 0.500. The highest BCUT2D eigenvalue weighted by atomic mass is 16.2. The number of nitrogens with zero attached hydrogens (tertiary/aromatic N) is 1. The summed E-state index contributed by atoms with van der Waals surface area (Å²) in [5.74, 6) is -0.333. The van der Waals surface area contributed by atoms with Gasteiger partial charge in [-0.05, 0) is 12.8 Å². The summed E-state index contributed by atoms with van der Waals surface area (Å²) in [6.07, 6.45) is 1.47. The number of rotatable bonds is 1. The summed E-state index contributed by atoms with van der Waals surface area (Å²) < 4.78 is 0. The van der Waals surface area contributed by atoms with E-state index in [1.54, 1.807) is 4.90 Å². The Morgan fingerprint density at radius 1 is 1.29 bits per heavy atom. The molecule has 1 aromatic rings. The van der Waals surface area contributed by atoms with E-state index in [-0.39, 0.29) is 17.6 Å². The second-order valence-corrected chi connectivity index (χ2v) is 4.13. The molecule has 7 nitrogen and oxygen atoms in total. The second kappa shape index (κ2) is 4.54. The van der Waals surface area contributed by atoms with Crippen molar-refractivity contribution in [3.05, 3.63) is 32.6 Å². The van der Waals surface area contributed by atoms with E-state index in [2.05, 4.69) is 4.98 Å². The van der Waals surface area contributed by atoms with Gasteiger partial charge in [0.1, 0.15) is 5.69 Å². The number of nitrogens with two attached hydrogens (primary N) is 1. The van der Waals surface area contributed by atoms with Crippen molar-refractivity contribution in [1.29, 1.82) is 0 Å². The Kier molecular flexibility index (Phi) is 3.10. The van der Waals surface area contributed by atoms with Crippen LogP contribution in [0.25, 0.3) is 0 Å². The molecule has 0 aliphatic carbocycles. The molecule has 0 unspecified atom stereocenters. The first-order valence-corrected chi connectivity index (χ1v) is 5.45. The maximum atomic E-state index is 12.0. The van der Waals surface area contributed by atoms with Gasteiger partial charge in [-0.1, -0.05) is 0 Å². The van der Waals surface area contributed by atoms with Crippen molar-refractivity contribution >= 4 is 5.91 Å². The Labute approximate surface area is 96.6 Å². The van der Waals surface area contributed by atoms with Crippen molar-refractivity contribution in [2.75, 3.05) is 13.1 Å². The average Bonchev–Trinajstić information content (AvgIpc) is 2.28. The quantitative estimate of drug-likeness (QED) is 0.560. The molecule has 0 aromatic carbocycles. The molecular formula is C10H14N4O3. The van der Waals surface area contributed by atoms with Crippen LogP contribution in [0, 0.1) is 0 Å². The van der Waals surface area contributed by atoms with Crippen LogP contribution >= 0.6 is 0 Å². The van der Waals surface area contributed by atoms with Gasteiger partial charge in [0.15, 0.2) is 0 Å². The van der Waals surface area contributed by atoms with Gasteiger partial charge in [-0.3, -0.25) is 14.6 Å². The SMILES string of the molecule is NC1CCN(C(=O)c2cc(=O)[nH]c(=O)[nH]2)CC1. The fourth-order valence-corrected chi connectivity index (χ4v) is 1.86. The van der Waals surface area contributed by atoms with Crippen LogP contribution in [0.3, 0.4) is 0 Å². The number of hydrogen-bond donors (Lipinski definition) is 3. The summed E-state index contributed by atoms with van der Waals surface area (Å²) in [6.45, 7) is 1.10. The number of aromatic amines is 2. The third-order valence-electron chi connectivity index (χ3n) is 2.82. The lowest BCUT2D eigenvalue weighted by Crippen LogP contribution is -2.43. The van der Waals surface area contributed by atoms with Crippen LogP contribution < -0.4 is 17.0 Å². The Bertz CT molecular complexity index is 497. The maximum Gasteiger partial charge on any atom is 0.326 e. The molecule has 1 aliphatic rings. The van der Waals surface area contributed by atoms with E-state index in [1.807, 2.05) is 4.98 Å². The van der Waals surface area contributed by atoms with Gasteiger partial charge in [-0.2, -0.15) is 0 Å². The number of likely N-dealkylation sites (tertiary alicyclic amines) is 1. The molecule has 1 aliphatic heterocycles. The number of H-pyrrole nitrogens is 2. The molecule has 1 saturated heterocycles. The molecule has 0 radical (unpaired) electrons. The standard InChI is InChI=1S/C10H14N4O3/c11-6-1-3-14(4-2-6)9(16)7-5-8(15)13-10(17)12-7/h5-6H,1-4,11H2,(H2,12,13,15,17). The van der Waals surface area contributed by atoms with Gasteiger partial charge >= 0.3 is 5.69 Å². The predicted molar refractivity (Wildman–Crippen MR) is 60.8 cm³/mol. The van der Waals surface area contributed by atoms with Crippen LogP contribution in [0.2, 0.25) is 0 Å². The molecule has 0 atom stereocenters. The van der Waals surface area contributed by atoms with Crippen molar-refractivity contribution in [2.45, 2.75) is 18.9 Å². The van der Waals surface area contributed by atoms with Crippen molar-refractivity contribution in [1.82, 2.24) is 14.9 Å². The zero-order valence-electron chi connectivity index (χ0n) is 9.23. The molecule has 2 rings (SSSR count). The summed E-state index contributed by atoms with van der Waals surface area (Å²) in [5.41, 5.74) is 4.51. The number of nitrogens with one attached hydrogen (secondary N) is 2. The van der Waals surface area contributed by atoms with Crippen molar-refractivity contribution in [2.24, 2.45) is 5.73 Å². The Morgan fingerprint density at radius 2 is 1.94 bits per heavy atom. The van der Waals surface area contributed by atoms with Crippen LogP contribution in [-0.2, 0) is 0 Å². The van der Waals surface area contributed by atoms with E-state index in [1.165, 1.54) is 0 Å². The van der Waals surface area contributed by atoms with Gasteiger partial charge in [-0.25, -0.2) is 4.79 Å². The van der Waals surface area contributed by atoms with Crippen LogP contribution in [0.4, 0.5) is 0 Å².